The van der Waals surface area contributed by atoms with Gasteiger partial charge in [0.15, 0.2) is 6.20 Å². The summed E-state index contributed by atoms with van der Waals surface area (Å²) < 4.78 is 2.32. The topological polar surface area (TPSA) is 3.88 Å². The third kappa shape index (κ3) is 2.53. The van der Waals surface area contributed by atoms with Crippen molar-refractivity contribution in [2.75, 3.05) is 0 Å². The molecule has 0 saturated carbocycles. The molecule has 0 saturated heterocycles. The van der Waals surface area contributed by atoms with Crippen LogP contribution in [0.15, 0.2) is 54.7 Å². The molecule has 0 atom stereocenters. The molecule has 2 aliphatic rings. The predicted octanol–water partition coefficient (Wildman–Crippen LogP) is 6.55. The van der Waals surface area contributed by atoms with Gasteiger partial charge in [-0.3, -0.25) is 0 Å². The standard InChI is InChI=1S/C30H28N/c1-17-13-19(3)20(4)25(14-17)30-27-16-26-23(24(27)11-12-31(30)5)10-9-22-15-21-8-6-7-18(2)28(21)29(22)26/h6-14H,15-16H2,1-5H3/q+1. The number of pyridine rings is 1. The highest BCUT2D eigenvalue weighted by atomic mass is 14.9. The molecule has 1 heterocycles. The molecule has 0 unspecified atom stereocenters. The maximum atomic E-state index is 2.37. The largest absolute Gasteiger partial charge is 0.216 e. The van der Waals surface area contributed by atoms with E-state index in [2.05, 4.69) is 94.0 Å². The zero-order valence-electron chi connectivity index (χ0n) is 19.1. The number of fused-ring (bicyclic) bond motifs is 7. The highest BCUT2D eigenvalue weighted by Crippen LogP contribution is 2.49. The smallest absolute Gasteiger partial charge is 0.201 e. The number of nitrogens with zero attached hydrogens (tertiary/aromatic N) is 1. The lowest BCUT2D eigenvalue weighted by Gasteiger charge is -2.12. The van der Waals surface area contributed by atoms with E-state index in [1.54, 1.807) is 0 Å². The minimum atomic E-state index is 1.01. The van der Waals surface area contributed by atoms with Crippen LogP contribution in [0, 0.1) is 27.7 Å². The van der Waals surface area contributed by atoms with Gasteiger partial charge < -0.3 is 0 Å². The van der Waals surface area contributed by atoms with Crippen LogP contribution in [0.3, 0.4) is 0 Å². The van der Waals surface area contributed by atoms with Crippen molar-refractivity contribution in [2.45, 2.75) is 40.5 Å². The highest BCUT2D eigenvalue weighted by Gasteiger charge is 2.33. The summed E-state index contributed by atoms with van der Waals surface area (Å²) >= 11 is 0. The maximum absolute atomic E-state index is 2.37. The van der Waals surface area contributed by atoms with Crippen LogP contribution in [0.5, 0.6) is 0 Å². The SMILES string of the molecule is Cc1cc(C)c(C)c(-c2c3c(cc[n+]2C)-c2ccc4c(c2C3)-c2c(C)cccc2C4)c1. The summed E-state index contributed by atoms with van der Waals surface area (Å²) in [6.07, 6.45) is 4.32. The summed E-state index contributed by atoms with van der Waals surface area (Å²) in [4.78, 5) is 0. The van der Waals surface area contributed by atoms with Gasteiger partial charge in [-0.1, -0.05) is 42.0 Å². The Hall–Kier alpha value is -3.19. The third-order valence-corrected chi connectivity index (χ3v) is 7.53. The fraction of sp³-hybridized carbons (Fsp3) is 0.233. The van der Waals surface area contributed by atoms with Crippen molar-refractivity contribution < 1.29 is 4.57 Å². The van der Waals surface area contributed by atoms with Crippen molar-refractivity contribution >= 4 is 0 Å². The Morgan fingerprint density at radius 1 is 0.677 bits per heavy atom. The molecule has 3 aromatic carbocycles. The van der Waals surface area contributed by atoms with E-state index in [9.17, 15) is 0 Å². The normalized spacial score (nSPS) is 13.1. The lowest BCUT2D eigenvalue weighted by Crippen LogP contribution is -2.32. The Morgan fingerprint density at radius 3 is 2.29 bits per heavy atom. The lowest BCUT2D eigenvalue weighted by molar-refractivity contribution is -0.660. The summed E-state index contributed by atoms with van der Waals surface area (Å²) in [6.45, 7) is 8.97. The summed E-state index contributed by atoms with van der Waals surface area (Å²) in [5.74, 6) is 0. The summed E-state index contributed by atoms with van der Waals surface area (Å²) in [5, 5.41) is 0. The molecular weight excluding hydrogens is 374 g/mol. The van der Waals surface area contributed by atoms with E-state index in [0.29, 0.717) is 0 Å². The van der Waals surface area contributed by atoms with E-state index in [0.717, 1.165) is 12.8 Å². The molecule has 0 N–H and O–H groups in total. The van der Waals surface area contributed by atoms with E-state index < -0.39 is 0 Å². The van der Waals surface area contributed by atoms with Crippen molar-refractivity contribution in [3.8, 4) is 33.5 Å². The fourth-order valence-electron chi connectivity index (χ4n) is 5.98. The van der Waals surface area contributed by atoms with Crippen molar-refractivity contribution in [3.05, 3.63) is 99.2 Å². The van der Waals surface area contributed by atoms with E-state index in [1.165, 1.54) is 78.0 Å². The molecule has 0 spiro atoms. The lowest BCUT2D eigenvalue weighted by atomic mass is 9.92. The van der Waals surface area contributed by atoms with E-state index in [-0.39, 0.29) is 0 Å². The summed E-state index contributed by atoms with van der Waals surface area (Å²) in [7, 11) is 2.19. The van der Waals surface area contributed by atoms with Gasteiger partial charge in [-0.25, -0.2) is 4.57 Å². The number of hydrogen-bond donors (Lipinski definition) is 0. The molecule has 0 aliphatic heterocycles. The van der Waals surface area contributed by atoms with E-state index >= 15 is 0 Å². The Kier molecular flexibility index (Phi) is 3.84. The molecule has 0 radical (unpaired) electrons. The van der Waals surface area contributed by atoms with Crippen LogP contribution >= 0.6 is 0 Å². The zero-order valence-corrected chi connectivity index (χ0v) is 19.1. The first-order valence-electron chi connectivity index (χ1n) is 11.3. The third-order valence-electron chi connectivity index (χ3n) is 7.53. The average molecular weight is 403 g/mol. The Bertz CT molecular complexity index is 1420. The van der Waals surface area contributed by atoms with E-state index in [1.807, 2.05) is 0 Å². The van der Waals surface area contributed by atoms with Crippen LogP contribution in [-0.4, -0.2) is 0 Å². The molecular formula is C30H28N+. The molecule has 1 aromatic heterocycles. The second-order valence-corrected chi connectivity index (χ2v) is 9.51. The van der Waals surface area contributed by atoms with Crippen LogP contribution in [0.1, 0.15) is 44.5 Å². The summed E-state index contributed by atoms with van der Waals surface area (Å²) in [6, 6.07) is 18.5. The fourth-order valence-corrected chi connectivity index (χ4v) is 5.98. The quantitative estimate of drug-likeness (QED) is 0.274. The van der Waals surface area contributed by atoms with Gasteiger partial charge in [0, 0.05) is 23.6 Å². The van der Waals surface area contributed by atoms with Crippen LogP contribution in [0.25, 0.3) is 33.5 Å². The van der Waals surface area contributed by atoms with Crippen molar-refractivity contribution in [3.63, 3.8) is 0 Å². The van der Waals surface area contributed by atoms with Gasteiger partial charge in [-0.05, 0) is 95.8 Å². The predicted molar refractivity (Wildman–Crippen MR) is 128 cm³/mol. The minimum Gasteiger partial charge on any atom is -0.201 e. The number of aryl methyl sites for hydroxylation is 4. The van der Waals surface area contributed by atoms with Crippen LogP contribution in [0.4, 0.5) is 0 Å². The molecule has 1 heteroatoms. The number of aromatic nitrogens is 1. The number of benzene rings is 3. The molecule has 0 fully saturated rings. The zero-order chi connectivity index (χ0) is 21.4. The first-order valence-corrected chi connectivity index (χ1v) is 11.3. The van der Waals surface area contributed by atoms with Crippen molar-refractivity contribution in [1.82, 2.24) is 0 Å². The number of rotatable bonds is 1. The maximum Gasteiger partial charge on any atom is 0.216 e. The molecule has 1 nitrogen and oxygen atoms in total. The average Bonchev–Trinajstić information content (AvgIpc) is 3.29. The first kappa shape index (κ1) is 18.6. The van der Waals surface area contributed by atoms with Gasteiger partial charge in [0.05, 0.1) is 0 Å². The first-order chi connectivity index (χ1) is 14.9. The molecule has 152 valence electrons. The molecule has 0 amide bonds. The van der Waals surface area contributed by atoms with Crippen molar-refractivity contribution in [2.24, 2.45) is 7.05 Å². The van der Waals surface area contributed by atoms with E-state index in [4.69, 9.17) is 0 Å². The highest BCUT2D eigenvalue weighted by molar-refractivity contribution is 5.92. The minimum absolute atomic E-state index is 1.01. The Balaban J connectivity index is 1.62. The molecule has 4 aromatic rings. The molecule has 31 heavy (non-hydrogen) atoms. The second-order valence-electron chi connectivity index (χ2n) is 9.51. The summed E-state index contributed by atoms with van der Waals surface area (Å²) in [5.41, 5.74) is 20.0. The van der Waals surface area contributed by atoms with Gasteiger partial charge in [-0.15, -0.1) is 0 Å². The molecule has 0 bridgehead atoms. The van der Waals surface area contributed by atoms with Crippen LogP contribution < -0.4 is 4.57 Å². The van der Waals surface area contributed by atoms with Gasteiger partial charge in [0.1, 0.15) is 7.05 Å². The van der Waals surface area contributed by atoms with Crippen LogP contribution in [0.2, 0.25) is 0 Å². The molecule has 2 aliphatic carbocycles. The Labute approximate surface area is 185 Å². The van der Waals surface area contributed by atoms with Crippen LogP contribution in [-0.2, 0) is 19.9 Å². The number of hydrogen-bond acceptors (Lipinski definition) is 0. The molecule has 6 rings (SSSR count). The second kappa shape index (κ2) is 6.40. The Morgan fingerprint density at radius 2 is 1.45 bits per heavy atom. The van der Waals surface area contributed by atoms with Gasteiger partial charge >= 0.3 is 0 Å². The van der Waals surface area contributed by atoms with Gasteiger partial charge in [-0.2, -0.15) is 0 Å². The van der Waals surface area contributed by atoms with Gasteiger partial charge in [0.2, 0.25) is 5.69 Å². The monoisotopic (exact) mass is 402 g/mol. The van der Waals surface area contributed by atoms with Crippen molar-refractivity contribution in [1.29, 1.82) is 0 Å². The van der Waals surface area contributed by atoms with Gasteiger partial charge in [0.25, 0.3) is 0 Å².